The smallest absolute Gasteiger partial charge is 0.457 e. The van der Waals surface area contributed by atoms with E-state index in [0.29, 0.717) is 12.8 Å². The Bertz CT molecular complexity index is 779. The largest absolute Gasteiger partial charge is 0.460 e. The summed E-state index contributed by atoms with van der Waals surface area (Å²) >= 11 is 0. The number of ether oxygens (including phenoxy) is 1. The van der Waals surface area contributed by atoms with Crippen molar-refractivity contribution in [3.8, 4) is 0 Å². The van der Waals surface area contributed by atoms with Crippen LogP contribution in [0.25, 0.3) is 10.4 Å². The first kappa shape index (κ1) is 22.7. The quantitative estimate of drug-likeness (QED) is 0.195. The van der Waals surface area contributed by atoms with Gasteiger partial charge in [0, 0.05) is 4.91 Å². The van der Waals surface area contributed by atoms with E-state index in [2.05, 4.69) is 10.0 Å². The van der Waals surface area contributed by atoms with E-state index in [0.717, 1.165) is 31.1 Å². The molecule has 0 radical (unpaired) electrons. The van der Waals surface area contributed by atoms with Gasteiger partial charge in [0.25, 0.3) is 0 Å². The van der Waals surface area contributed by atoms with E-state index < -0.39 is 11.5 Å². The topological polar surface area (TPSA) is 93.5 Å². The fourth-order valence-corrected chi connectivity index (χ4v) is 4.33. The number of esters is 1. The summed E-state index contributed by atoms with van der Waals surface area (Å²) in [5.74, 6) is -0.169. The van der Waals surface area contributed by atoms with E-state index >= 15 is 0 Å². The van der Waals surface area contributed by atoms with Crippen molar-refractivity contribution in [2.24, 2.45) is 11.0 Å². The van der Waals surface area contributed by atoms with E-state index in [-0.39, 0.29) is 30.8 Å². The molecule has 162 valence electrons. The predicted octanol–water partition coefficient (Wildman–Crippen LogP) is 5.45. The summed E-state index contributed by atoms with van der Waals surface area (Å²) in [5.41, 5.74) is 8.23. The molecule has 3 rings (SSSR count). The maximum atomic E-state index is 12.9. The molecule has 1 aromatic carbocycles. The summed E-state index contributed by atoms with van der Waals surface area (Å²) in [6.45, 7) is 8.36. The number of benzene rings is 1. The van der Waals surface area contributed by atoms with Gasteiger partial charge in [-0.15, -0.1) is 0 Å². The molecule has 0 bridgehead atoms. The molecule has 0 N–H and O–H groups in total. The predicted molar refractivity (Wildman–Crippen MR) is 116 cm³/mol. The standard InChI is InChI=1S/C22H32BN3O4/c1-20(2)21(3,4)30-23(29-20)14-12-17-11-8-13-22(15-17,25-26-24)19(27)28-16-18-9-6-5-7-10-18/h5-7,9-10,17H,8,11-16H2,1-4H3/t17-,22+/m1/s1. The van der Waals surface area contributed by atoms with Crippen LogP contribution < -0.4 is 0 Å². The Morgan fingerprint density at radius 1 is 1.23 bits per heavy atom. The molecule has 8 heteroatoms. The fraction of sp³-hybridized carbons (Fsp3) is 0.682. The lowest BCUT2D eigenvalue weighted by Gasteiger charge is -2.35. The van der Waals surface area contributed by atoms with Gasteiger partial charge >= 0.3 is 13.1 Å². The molecule has 1 aliphatic heterocycles. The van der Waals surface area contributed by atoms with Crippen LogP contribution in [-0.2, 0) is 25.4 Å². The van der Waals surface area contributed by atoms with Crippen molar-refractivity contribution in [1.29, 1.82) is 0 Å². The third-order valence-electron chi connectivity index (χ3n) is 6.77. The molecule has 0 aromatic heterocycles. The summed E-state index contributed by atoms with van der Waals surface area (Å²) in [5, 5.41) is 3.95. The summed E-state index contributed by atoms with van der Waals surface area (Å²) in [6.07, 6.45) is 4.46. The van der Waals surface area contributed by atoms with E-state index in [1.807, 2.05) is 58.0 Å². The second kappa shape index (κ2) is 9.00. The first-order valence-corrected chi connectivity index (χ1v) is 10.8. The van der Waals surface area contributed by atoms with Crippen LogP contribution in [0.1, 0.15) is 65.4 Å². The van der Waals surface area contributed by atoms with Crippen molar-refractivity contribution >= 4 is 13.1 Å². The second-order valence-corrected chi connectivity index (χ2v) is 9.51. The van der Waals surface area contributed by atoms with Crippen molar-refractivity contribution in [1.82, 2.24) is 0 Å². The van der Waals surface area contributed by atoms with Crippen LogP contribution in [-0.4, -0.2) is 29.8 Å². The van der Waals surface area contributed by atoms with Crippen molar-refractivity contribution < 1.29 is 18.8 Å². The number of carbonyl (C=O) groups is 1. The van der Waals surface area contributed by atoms with E-state index in [9.17, 15) is 4.79 Å². The van der Waals surface area contributed by atoms with Gasteiger partial charge in [0.15, 0.2) is 0 Å². The molecule has 1 aromatic rings. The van der Waals surface area contributed by atoms with Crippen molar-refractivity contribution in [2.45, 2.75) is 89.5 Å². The summed E-state index contributed by atoms with van der Waals surface area (Å²) in [6, 6.07) is 9.53. The van der Waals surface area contributed by atoms with Gasteiger partial charge < -0.3 is 14.0 Å². The Morgan fingerprint density at radius 2 is 1.90 bits per heavy atom. The Balaban J connectivity index is 1.59. The van der Waals surface area contributed by atoms with Crippen LogP contribution in [0, 0.1) is 5.92 Å². The molecule has 2 atom stereocenters. The zero-order valence-electron chi connectivity index (χ0n) is 18.5. The molecular formula is C22H32BN3O4. The normalized spacial score (nSPS) is 27.3. The fourth-order valence-electron chi connectivity index (χ4n) is 4.33. The molecule has 2 aliphatic rings. The Hall–Kier alpha value is -2.02. The zero-order chi connectivity index (χ0) is 21.8. The molecule has 0 spiro atoms. The number of rotatable bonds is 7. The average molecular weight is 413 g/mol. The van der Waals surface area contributed by atoms with E-state index in [1.54, 1.807) is 0 Å². The lowest BCUT2D eigenvalue weighted by atomic mass is 9.71. The van der Waals surface area contributed by atoms with Gasteiger partial charge in [0.2, 0.25) is 0 Å². The lowest BCUT2D eigenvalue weighted by molar-refractivity contribution is -0.153. The molecule has 0 unspecified atom stereocenters. The van der Waals surface area contributed by atoms with Crippen LogP contribution in [0.5, 0.6) is 0 Å². The molecule has 30 heavy (non-hydrogen) atoms. The van der Waals surface area contributed by atoms with Gasteiger partial charge in [-0.3, -0.25) is 4.79 Å². The maximum Gasteiger partial charge on any atom is 0.457 e. The Kier molecular flexibility index (Phi) is 6.80. The summed E-state index contributed by atoms with van der Waals surface area (Å²) < 4.78 is 17.7. The number of nitrogens with zero attached hydrogens (tertiary/aromatic N) is 3. The monoisotopic (exact) mass is 413 g/mol. The number of hydrogen-bond donors (Lipinski definition) is 0. The maximum absolute atomic E-state index is 12.9. The zero-order valence-corrected chi connectivity index (χ0v) is 18.5. The Labute approximate surface area is 179 Å². The van der Waals surface area contributed by atoms with Crippen molar-refractivity contribution in [3.05, 3.63) is 46.3 Å². The first-order valence-electron chi connectivity index (χ1n) is 10.8. The highest BCUT2D eigenvalue weighted by Gasteiger charge is 2.51. The number of hydrogen-bond acceptors (Lipinski definition) is 5. The van der Waals surface area contributed by atoms with Crippen LogP contribution in [0.4, 0.5) is 0 Å². The van der Waals surface area contributed by atoms with Gasteiger partial charge in [-0.05, 0) is 63.9 Å². The van der Waals surface area contributed by atoms with Crippen LogP contribution in [0.3, 0.4) is 0 Å². The van der Waals surface area contributed by atoms with Crippen molar-refractivity contribution in [3.63, 3.8) is 0 Å². The van der Waals surface area contributed by atoms with E-state index in [1.165, 1.54) is 0 Å². The highest BCUT2D eigenvalue weighted by molar-refractivity contribution is 6.45. The number of azide groups is 1. The SMILES string of the molecule is CC1(C)OB(CC[C@H]2CCC[C@@](N=[N+]=[N-])(C(=O)OCc3ccccc3)C2)OC1(C)C. The first-order chi connectivity index (χ1) is 14.2. The second-order valence-electron chi connectivity index (χ2n) is 9.51. The Morgan fingerprint density at radius 3 is 2.53 bits per heavy atom. The molecule has 7 nitrogen and oxygen atoms in total. The number of carbonyl (C=O) groups excluding carboxylic acids is 1. The van der Waals surface area contributed by atoms with Gasteiger partial charge in [0.1, 0.15) is 12.1 Å². The average Bonchev–Trinajstić information content (AvgIpc) is 2.92. The molecule has 1 aliphatic carbocycles. The third-order valence-corrected chi connectivity index (χ3v) is 6.77. The minimum Gasteiger partial charge on any atom is -0.460 e. The van der Waals surface area contributed by atoms with Crippen LogP contribution in [0.15, 0.2) is 35.4 Å². The van der Waals surface area contributed by atoms with Gasteiger partial charge in [0.05, 0.1) is 11.2 Å². The van der Waals surface area contributed by atoms with Gasteiger partial charge in [-0.25, -0.2) is 0 Å². The third kappa shape index (κ3) is 5.00. The minimum absolute atomic E-state index is 0.182. The molecule has 2 fully saturated rings. The molecule has 1 heterocycles. The van der Waals surface area contributed by atoms with Crippen LogP contribution in [0.2, 0.25) is 6.32 Å². The van der Waals surface area contributed by atoms with E-state index in [4.69, 9.17) is 19.6 Å². The summed E-state index contributed by atoms with van der Waals surface area (Å²) in [7, 11) is -0.254. The van der Waals surface area contributed by atoms with Gasteiger partial charge in [-0.1, -0.05) is 54.7 Å². The lowest BCUT2D eigenvalue weighted by Crippen LogP contribution is -2.42. The van der Waals surface area contributed by atoms with Crippen molar-refractivity contribution in [2.75, 3.05) is 0 Å². The molecule has 1 saturated carbocycles. The summed E-state index contributed by atoms with van der Waals surface area (Å²) in [4.78, 5) is 15.9. The highest BCUT2D eigenvalue weighted by atomic mass is 16.7. The van der Waals surface area contributed by atoms with Gasteiger partial charge in [-0.2, -0.15) is 0 Å². The molecule has 1 saturated heterocycles. The molecule has 0 amide bonds. The minimum atomic E-state index is -1.12. The van der Waals surface area contributed by atoms with Crippen LogP contribution >= 0.6 is 0 Å². The molecular weight excluding hydrogens is 381 g/mol. The highest BCUT2D eigenvalue weighted by Crippen LogP contribution is 2.42.